The normalized spacial score (nSPS) is 29.7. The minimum absolute atomic E-state index is 0.114. The molecule has 1 aliphatic carbocycles. The number of aromatic amines is 1. The van der Waals surface area contributed by atoms with Gasteiger partial charge in [0.1, 0.15) is 5.82 Å². The van der Waals surface area contributed by atoms with Crippen molar-refractivity contribution in [1.82, 2.24) is 19.8 Å². The van der Waals surface area contributed by atoms with E-state index >= 15 is 0 Å². The fourth-order valence-electron chi connectivity index (χ4n) is 5.07. The zero-order valence-electron chi connectivity index (χ0n) is 14.9. The molecule has 24 heavy (non-hydrogen) atoms. The van der Waals surface area contributed by atoms with Gasteiger partial charge in [-0.3, -0.25) is 9.69 Å². The van der Waals surface area contributed by atoms with Crippen LogP contribution in [0.1, 0.15) is 62.9 Å². The fourth-order valence-corrected chi connectivity index (χ4v) is 5.07. The average molecular weight is 330 g/mol. The van der Waals surface area contributed by atoms with Crippen molar-refractivity contribution in [3.8, 4) is 0 Å². The number of carbonyl (C=O) groups excluding carboxylic acids is 1. The average Bonchev–Trinajstić information content (AvgIpc) is 3.19. The molecule has 3 aliphatic rings. The van der Waals surface area contributed by atoms with Gasteiger partial charge in [0.25, 0.3) is 0 Å². The largest absolute Gasteiger partial charge is 0.345 e. The first-order valence-corrected chi connectivity index (χ1v) is 9.70. The maximum Gasteiger partial charge on any atom is 0.230 e. The molecule has 1 spiro atoms. The van der Waals surface area contributed by atoms with Crippen LogP contribution in [-0.2, 0) is 11.3 Å². The monoisotopic (exact) mass is 330 g/mol. The lowest BCUT2D eigenvalue weighted by Gasteiger charge is -2.44. The van der Waals surface area contributed by atoms with Crippen molar-refractivity contribution in [2.45, 2.75) is 70.9 Å². The van der Waals surface area contributed by atoms with E-state index in [1.165, 1.54) is 38.5 Å². The second kappa shape index (κ2) is 6.51. The van der Waals surface area contributed by atoms with Gasteiger partial charge in [-0.1, -0.05) is 19.3 Å². The van der Waals surface area contributed by atoms with Crippen molar-refractivity contribution in [2.24, 2.45) is 5.41 Å². The zero-order chi connectivity index (χ0) is 16.6. The highest BCUT2D eigenvalue weighted by molar-refractivity contribution is 5.84. The number of aryl methyl sites for hydroxylation is 1. The van der Waals surface area contributed by atoms with Crippen LogP contribution in [0.25, 0.3) is 0 Å². The van der Waals surface area contributed by atoms with E-state index in [0.29, 0.717) is 11.9 Å². The van der Waals surface area contributed by atoms with Gasteiger partial charge in [0.15, 0.2) is 0 Å². The van der Waals surface area contributed by atoms with Gasteiger partial charge < -0.3 is 9.88 Å². The van der Waals surface area contributed by atoms with Crippen LogP contribution in [0.3, 0.4) is 0 Å². The Bertz CT molecular complexity index is 592. The van der Waals surface area contributed by atoms with Crippen LogP contribution in [0.15, 0.2) is 6.20 Å². The highest BCUT2D eigenvalue weighted by Crippen LogP contribution is 2.42. The van der Waals surface area contributed by atoms with Gasteiger partial charge in [0.05, 0.1) is 12.0 Å². The van der Waals surface area contributed by atoms with Gasteiger partial charge in [-0.05, 0) is 45.6 Å². The molecule has 5 nitrogen and oxygen atoms in total. The molecular weight excluding hydrogens is 300 g/mol. The molecule has 1 saturated carbocycles. The van der Waals surface area contributed by atoms with E-state index in [-0.39, 0.29) is 5.41 Å². The van der Waals surface area contributed by atoms with Crippen LogP contribution in [0.2, 0.25) is 0 Å². The summed E-state index contributed by atoms with van der Waals surface area (Å²) in [7, 11) is 0. The molecule has 4 rings (SSSR count). The van der Waals surface area contributed by atoms with Gasteiger partial charge in [-0.15, -0.1) is 0 Å². The number of amides is 1. The number of aromatic nitrogens is 2. The first-order chi connectivity index (χ1) is 11.7. The smallest absolute Gasteiger partial charge is 0.230 e. The lowest BCUT2D eigenvalue weighted by molar-refractivity contribution is -0.149. The number of hydrogen-bond donors (Lipinski definition) is 1. The number of H-pyrrole nitrogens is 1. The van der Waals surface area contributed by atoms with Crippen molar-refractivity contribution in [3.63, 3.8) is 0 Å². The van der Waals surface area contributed by atoms with Crippen LogP contribution < -0.4 is 0 Å². The molecule has 0 aromatic carbocycles. The summed E-state index contributed by atoms with van der Waals surface area (Å²) in [5.74, 6) is 1.48. The van der Waals surface area contributed by atoms with E-state index in [0.717, 1.165) is 50.5 Å². The van der Waals surface area contributed by atoms with Gasteiger partial charge in [-0.25, -0.2) is 4.98 Å². The molecule has 1 amide bonds. The third-order valence-corrected chi connectivity index (χ3v) is 6.35. The summed E-state index contributed by atoms with van der Waals surface area (Å²) in [5.41, 5.74) is 0.994. The Kier molecular flexibility index (Phi) is 4.37. The summed E-state index contributed by atoms with van der Waals surface area (Å²) in [6.07, 6.45) is 11.5. The Morgan fingerprint density at radius 3 is 2.79 bits per heavy atom. The van der Waals surface area contributed by atoms with E-state index in [2.05, 4.69) is 19.8 Å². The van der Waals surface area contributed by atoms with E-state index in [9.17, 15) is 4.79 Å². The summed E-state index contributed by atoms with van der Waals surface area (Å²) < 4.78 is 0. The second-order valence-electron chi connectivity index (χ2n) is 8.15. The Labute approximate surface area is 144 Å². The number of hydrogen-bond acceptors (Lipinski definition) is 3. The summed E-state index contributed by atoms with van der Waals surface area (Å²) in [6.45, 7) is 5.79. The Balaban J connectivity index is 1.43. The van der Waals surface area contributed by atoms with Gasteiger partial charge in [0.2, 0.25) is 5.91 Å². The van der Waals surface area contributed by atoms with Gasteiger partial charge in [0, 0.05) is 31.0 Å². The SMILES string of the molecule is Cc1cnc(CN2CC[C@@]3(CCCN(C4CCCCC4)C3=O)C2)[nH]1. The maximum absolute atomic E-state index is 13.3. The topological polar surface area (TPSA) is 52.2 Å². The molecule has 132 valence electrons. The third kappa shape index (κ3) is 2.99. The van der Waals surface area contributed by atoms with Crippen LogP contribution in [-0.4, -0.2) is 51.4 Å². The highest BCUT2D eigenvalue weighted by atomic mass is 16.2. The molecule has 2 saturated heterocycles. The highest BCUT2D eigenvalue weighted by Gasteiger charge is 2.49. The number of imidazole rings is 1. The molecule has 1 N–H and O–H groups in total. The summed E-state index contributed by atoms with van der Waals surface area (Å²) in [5, 5.41) is 0. The molecule has 3 fully saturated rings. The summed E-state index contributed by atoms with van der Waals surface area (Å²) >= 11 is 0. The number of nitrogens with one attached hydrogen (secondary N) is 1. The first kappa shape index (κ1) is 16.1. The predicted octanol–water partition coefficient (Wildman–Crippen LogP) is 2.87. The molecule has 1 aromatic heterocycles. The lowest BCUT2D eigenvalue weighted by atomic mass is 9.77. The van der Waals surface area contributed by atoms with Crippen molar-refractivity contribution in [1.29, 1.82) is 0 Å². The first-order valence-electron chi connectivity index (χ1n) is 9.70. The predicted molar refractivity (Wildman–Crippen MR) is 93.5 cm³/mol. The van der Waals surface area contributed by atoms with Gasteiger partial charge >= 0.3 is 0 Å². The maximum atomic E-state index is 13.3. The third-order valence-electron chi connectivity index (χ3n) is 6.35. The fraction of sp³-hybridized carbons (Fsp3) is 0.789. The Morgan fingerprint density at radius 1 is 1.21 bits per heavy atom. The van der Waals surface area contributed by atoms with Crippen LogP contribution in [0.5, 0.6) is 0 Å². The minimum Gasteiger partial charge on any atom is -0.345 e. The van der Waals surface area contributed by atoms with Crippen LogP contribution in [0.4, 0.5) is 0 Å². The standard InChI is InChI=1S/C19H30N4O/c1-15-12-20-17(21-15)13-22-11-9-19(14-22)8-5-10-23(18(19)24)16-6-3-2-4-7-16/h12,16H,2-11,13-14H2,1H3,(H,20,21)/t19-/m0/s1. The van der Waals surface area contributed by atoms with Crippen molar-refractivity contribution < 1.29 is 4.79 Å². The molecule has 3 heterocycles. The van der Waals surface area contributed by atoms with E-state index in [1.54, 1.807) is 0 Å². The molecule has 2 aliphatic heterocycles. The van der Waals surface area contributed by atoms with Crippen molar-refractivity contribution in [3.05, 3.63) is 17.7 Å². The Morgan fingerprint density at radius 2 is 2.04 bits per heavy atom. The van der Waals surface area contributed by atoms with E-state index in [4.69, 9.17) is 0 Å². The minimum atomic E-state index is -0.114. The van der Waals surface area contributed by atoms with Crippen molar-refractivity contribution in [2.75, 3.05) is 19.6 Å². The van der Waals surface area contributed by atoms with E-state index < -0.39 is 0 Å². The zero-order valence-corrected chi connectivity index (χ0v) is 14.9. The molecule has 0 radical (unpaired) electrons. The number of piperidine rings is 1. The quantitative estimate of drug-likeness (QED) is 0.927. The van der Waals surface area contributed by atoms with Gasteiger partial charge in [-0.2, -0.15) is 0 Å². The molecular formula is C19H30N4O. The lowest BCUT2D eigenvalue weighted by Crippen LogP contribution is -2.54. The van der Waals surface area contributed by atoms with E-state index in [1.807, 2.05) is 13.1 Å². The van der Waals surface area contributed by atoms with Crippen LogP contribution >= 0.6 is 0 Å². The summed E-state index contributed by atoms with van der Waals surface area (Å²) in [4.78, 5) is 25.8. The molecule has 0 bridgehead atoms. The number of nitrogens with zero attached hydrogens (tertiary/aromatic N) is 3. The number of likely N-dealkylation sites (tertiary alicyclic amines) is 2. The molecule has 0 unspecified atom stereocenters. The molecule has 1 aromatic rings. The molecule has 1 atom stereocenters. The summed E-state index contributed by atoms with van der Waals surface area (Å²) in [6, 6.07) is 0.519. The van der Waals surface area contributed by atoms with Crippen LogP contribution in [0, 0.1) is 12.3 Å². The van der Waals surface area contributed by atoms with Crippen molar-refractivity contribution >= 4 is 5.91 Å². The second-order valence-corrected chi connectivity index (χ2v) is 8.15. The number of carbonyl (C=O) groups is 1. The number of rotatable bonds is 3. The molecule has 5 heteroatoms. The Hall–Kier alpha value is -1.36.